The summed E-state index contributed by atoms with van der Waals surface area (Å²) >= 11 is 0. The molecule has 0 spiro atoms. The van der Waals surface area contributed by atoms with Crippen LogP contribution in [-0.4, -0.2) is 42.2 Å². The van der Waals surface area contributed by atoms with E-state index < -0.39 is 23.3 Å². The minimum Gasteiger partial charge on any atom is -0.483 e. The Balaban J connectivity index is 2.23. The molecule has 1 aromatic rings. The summed E-state index contributed by atoms with van der Waals surface area (Å²) in [7, 11) is 0. The molecule has 2 aliphatic heterocycles. The van der Waals surface area contributed by atoms with E-state index in [1.54, 1.807) is 13.8 Å². The van der Waals surface area contributed by atoms with Gasteiger partial charge < -0.3 is 15.0 Å². The van der Waals surface area contributed by atoms with Crippen molar-refractivity contribution < 1.29 is 31.5 Å². The molecule has 9 heteroatoms. The first-order chi connectivity index (χ1) is 13.4. The van der Waals surface area contributed by atoms with Gasteiger partial charge >= 0.3 is 12.1 Å². The molecule has 0 bridgehead atoms. The first-order valence-electron chi connectivity index (χ1n) is 9.43. The first kappa shape index (κ1) is 21.5. The summed E-state index contributed by atoms with van der Waals surface area (Å²) in [4.78, 5) is 13.9. The molecule has 1 aromatic carbocycles. The Morgan fingerprint density at radius 2 is 1.90 bits per heavy atom. The number of likely N-dealkylation sites (N-methyl/N-ethyl adjacent to an activating group) is 1. The number of carbonyl (C=O) groups excluding carboxylic acids is 1. The predicted octanol–water partition coefficient (Wildman–Crippen LogP) is 4.45. The van der Waals surface area contributed by atoms with Crippen LogP contribution >= 0.6 is 0 Å². The van der Waals surface area contributed by atoms with Gasteiger partial charge in [0, 0.05) is 36.2 Å². The third kappa shape index (κ3) is 3.72. The predicted molar refractivity (Wildman–Crippen MR) is 97.5 cm³/mol. The van der Waals surface area contributed by atoms with Crippen molar-refractivity contribution >= 4 is 11.6 Å². The monoisotopic (exact) mass is 418 g/mol. The van der Waals surface area contributed by atoms with Gasteiger partial charge in [0.05, 0.1) is 5.70 Å². The standard InChI is InChI=1S/C20H23F5N2O2/c1-4-26-11-14-17(27-9-5-6-16(27)28)13-10-12(19(21,22)20(23,24)25)7-8-15(13)29-18(14,2)3/h7-8,10,26H,4-6,9,11H2,1-3H3. The van der Waals surface area contributed by atoms with E-state index >= 15 is 0 Å². The number of carbonyl (C=O) groups is 1. The average Bonchev–Trinajstić information content (AvgIpc) is 3.03. The van der Waals surface area contributed by atoms with E-state index in [1.165, 1.54) is 4.90 Å². The smallest absolute Gasteiger partial charge is 0.458 e. The van der Waals surface area contributed by atoms with Crippen molar-refractivity contribution in [1.29, 1.82) is 0 Å². The lowest BCUT2D eigenvalue weighted by Crippen LogP contribution is -2.42. The van der Waals surface area contributed by atoms with Gasteiger partial charge in [0.15, 0.2) is 0 Å². The lowest BCUT2D eigenvalue weighted by atomic mass is 9.87. The zero-order chi connectivity index (χ0) is 21.6. The molecule has 2 heterocycles. The van der Waals surface area contributed by atoms with Crippen molar-refractivity contribution in [3.05, 3.63) is 34.9 Å². The van der Waals surface area contributed by atoms with E-state index in [1.807, 2.05) is 6.92 Å². The number of hydrogen-bond acceptors (Lipinski definition) is 3. The molecule has 1 saturated heterocycles. The Morgan fingerprint density at radius 3 is 2.45 bits per heavy atom. The van der Waals surface area contributed by atoms with Gasteiger partial charge in [0.2, 0.25) is 5.91 Å². The first-order valence-corrected chi connectivity index (χ1v) is 9.43. The highest BCUT2D eigenvalue weighted by Crippen LogP contribution is 2.48. The third-order valence-corrected chi connectivity index (χ3v) is 5.23. The number of nitrogens with zero attached hydrogens (tertiary/aromatic N) is 1. The Bertz CT molecular complexity index is 846. The lowest BCUT2D eigenvalue weighted by molar-refractivity contribution is -0.289. The van der Waals surface area contributed by atoms with E-state index in [0.29, 0.717) is 43.7 Å². The maximum absolute atomic E-state index is 14.0. The number of halogens is 5. The normalized spacial score (nSPS) is 19.4. The van der Waals surface area contributed by atoms with Gasteiger partial charge in [-0.2, -0.15) is 22.0 Å². The van der Waals surface area contributed by atoms with E-state index in [-0.39, 0.29) is 17.2 Å². The van der Waals surface area contributed by atoms with Crippen molar-refractivity contribution in [3.63, 3.8) is 0 Å². The minimum atomic E-state index is -5.73. The van der Waals surface area contributed by atoms with E-state index in [2.05, 4.69) is 5.32 Å². The van der Waals surface area contributed by atoms with Crippen molar-refractivity contribution in [2.24, 2.45) is 0 Å². The van der Waals surface area contributed by atoms with Crippen LogP contribution in [0.4, 0.5) is 22.0 Å². The van der Waals surface area contributed by atoms with Crippen LogP contribution in [0.15, 0.2) is 23.8 Å². The molecular weight excluding hydrogens is 395 g/mol. The molecule has 0 radical (unpaired) electrons. The Morgan fingerprint density at radius 1 is 1.21 bits per heavy atom. The summed E-state index contributed by atoms with van der Waals surface area (Å²) in [5, 5.41) is 3.14. The molecule has 0 atom stereocenters. The topological polar surface area (TPSA) is 41.6 Å². The molecule has 160 valence electrons. The Kier molecular flexibility index (Phi) is 5.40. The average molecular weight is 418 g/mol. The molecule has 0 aromatic heterocycles. The molecule has 0 unspecified atom stereocenters. The number of hydrogen-bond donors (Lipinski definition) is 1. The van der Waals surface area contributed by atoms with E-state index in [0.717, 1.165) is 18.2 Å². The van der Waals surface area contributed by atoms with Gasteiger partial charge in [-0.3, -0.25) is 4.79 Å². The zero-order valence-corrected chi connectivity index (χ0v) is 16.4. The summed E-state index contributed by atoms with van der Waals surface area (Å²) < 4.78 is 72.7. The SMILES string of the molecule is CCNCC1=C(N2CCCC2=O)c2cc(C(F)(F)C(F)(F)F)ccc2OC1(C)C. The molecule has 2 aliphatic rings. The largest absolute Gasteiger partial charge is 0.483 e. The summed E-state index contributed by atoms with van der Waals surface area (Å²) in [6.07, 6.45) is -4.84. The summed E-state index contributed by atoms with van der Waals surface area (Å²) in [5.41, 5.74) is -0.983. The minimum absolute atomic E-state index is 0.0777. The fraction of sp³-hybridized carbons (Fsp3) is 0.550. The van der Waals surface area contributed by atoms with Gasteiger partial charge in [-0.25, -0.2) is 0 Å². The third-order valence-electron chi connectivity index (χ3n) is 5.23. The molecule has 1 N–H and O–H groups in total. The van der Waals surface area contributed by atoms with Crippen LogP contribution in [0, 0.1) is 0 Å². The quantitative estimate of drug-likeness (QED) is 0.719. The zero-order valence-electron chi connectivity index (χ0n) is 16.4. The molecule has 29 heavy (non-hydrogen) atoms. The second-order valence-corrected chi connectivity index (χ2v) is 7.65. The van der Waals surface area contributed by atoms with Crippen molar-refractivity contribution in [1.82, 2.24) is 10.2 Å². The second-order valence-electron chi connectivity index (χ2n) is 7.65. The highest BCUT2D eigenvalue weighted by Gasteiger charge is 2.59. The molecular formula is C20H23F5N2O2. The molecule has 0 aliphatic carbocycles. The van der Waals surface area contributed by atoms with Gasteiger partial charge in [-0.15, -0.1) is 0 Å². The number of nitrogens with one attached hydrogen (secondary N) is 1. The van der Waals surface area contributed by atoms with Gasteiger partial charge in [0.1, 0.15) is 11.4 Å². The summed E-state index contributed by atoms with van der Waals surface area (Å²) in [6.45, 7) is 6.73. The van der Waals surface area contributed by atoms with Crippen LogP contribution in [-0.2, 0) is 10.7 Å². The highest BCUT2D eigenvalue weighted by atomic mass is 19.4. The Hall–Kier alpha value is -2.16. The number of fused-ring (bicyclic) bond motifs is 1. The lowest BCUT2D eigenvalue weighted by Gasteiger charge is -2.40. The Labute approximate surface area is 165 Å². The maximum Gasteiger partial charge on any atom is 0.458 e. The van der Waals surface area contributed by atoms with Gasteiger partial charge in [-0.05, 0) is 45.0 Å². The van der Waals surface area contributed by atoms with Crippen molar-refractivity contribution in [2.75, 3.05) is 19.6 Å². The molecule has 3 rings (SSSR count). The van der Waals surface area contributed by atoms with E-state index in [4.69, 9.17) is 4.74 Å². The fourth-order valence-electron chi connectivity index (χ4n) is 3.69. The number of alkyl halides is 5. The van der Waals surface area contributed by atoms with Crippen LogP contribution < -0.4 is 10.1 Å². The van der Waals surface area contributed by atoms with Crippen LogP contribution in [0.5, 0.6) is 5.75 Å². The van der Waals surface area contributed by atoms with Crippen LogP contribution in [0.25, 0.3) is 5.70 Å². The highest BCUT2D eigenvalue weighted by molar-refractivity contribution is 5.91. The summed E-state index contributed by atoms with van der Waals surface area (Å²) in [6, 6.07) is 2.64. The molecule has 1 fully saturated rings. The van der Waals surface area contributed by atoms with Crippen LogP contribution in [0.2, 0.25) is 0 Å². The number of amides is 1. The maximum atomic E-state index is 14.0. The second kappa shape index (κ2) is 7.27. The molecule has 0 saturated carbocycles. The number of benzene rings is 1. The van der Waals surface area contributed by atoms with Crippen molar-refractivity contribution in [2.45, 2.75) is 51.3 Å². The molecule has 4 nitrogen and oxygen atoms in total. The van der Waals surface area contributed by atoms with Crippen molar-refractivity contribution in [3.8, 4) is 5.75 Å². The number of likely N-dealkylation sites (tertiary alicyclic amines) is 1. The fourth-order valence-corrected chi connectivity index (χ4v) is 3.69. The molecule has 1 amide bonds. The van der Waals surface area contributed by atoms with E-state index in [9.17, 15) is 26.7 Å². The van der Waals surface area contributed by atoms with Gasteiger partial charge in [-0.1, -0.05) is 6.92 Å². The van der Waals surface area contributed by atoms with Gasteiger partial charge in [0.25, 0.3) is 0 Å². The van der Waals surface area contributed by atoms with Crippen LogP contribution in [0.3, 0.4) is 0 Å². The summed E-state index contributed by atoms with van der Waals surface area (Å²) in [5.74, 6) is -5.03. The number of rotatable bonds is 5. The van der Waals surface area contributed by atoms with Crippen LogP contribution in [0.1, 0.15) is 44.7 Å². The number of ether oxygens (including phenoxy) is 1.